The van der Waals surface area contributed by atoms with E-state index >= 15 is 0 Å². The van der Waals surface area contributed by atoms with Crippen LogP contribution in [-0.4, -0.2) is 30.4 Å². The first kappa shape index (κ1) is 11.1. The minimum atomic E-state index is -0.981. The van der Waals surface area contributed by atoms with E-state index in [0.717, 1.165) is 11.1 Å². The molecule has 4 heteroatoms. The maximum Gasteiger partial charge on any atom is 0.335 e. The number of aliphatic carboxylic acids is 1. The fourth-order valence-corrected chi connectivity index (χ4v) is 1.75. The van der Waals surface area contributed by atoms with Gasteiger partial charge in [0.2, 0.25) is 0 Å². The molecule has 1 fully saturated rings. The molecule has 0 radical (unpaired) electrons. The van der Waals surface area contributed by atoms with Gasteiger partial charge in [0.25, 0.3) is 0 Å². The van der Waals surface area contributed by atoms with Crippen molar-refractivity contribution in [3.63, 3.8) is 0 Å². The largest absolute Gasteiger partial charge is 0.479 e. The summed E-state index contributed by atoms with van der Waals surface area (Å²) in [4.78, 5) is 11.0. The van der Waals surface area contributed by atoms with Crippen molar-refractivity contribution in [2.24, 2.45) is 0 Å². The molecule has 1 aromatic carbocycles. The molecule has 0 aromatic heterocycles. The molecule has 1 heterocycles. The van der Waals surface area contributed by atoms with E-state index < -0.39 is 18.2 Å². The predicted molar refractivity (Wildman–Crippen MR) is 57.2 cm³/mol. The lowest BCUT2D eigenvalue weighted by atomic mass is 10.0. The second kappa shape index (κ2) is 4.63. The maximum atomic E-state index is 11.0. The Bertz CT molecular complexity index is 371. The summed E-state index contributed by atoms with van der Waals surface area (Å²) >= 11 is 0. The lowest BCUT2D eigenvalue weighted by molar-refractivity contribution is -0.181. The zero-order chi connectivity index (χ0) is 11.5. The Morgan fingerprint density at radius 3 is 2.50 bits per heavy atom. The van der Waals surface area contributed by atoms with E-state index in [0.29, 0.717) is 13.2 Å². The molecular weight excluding hydrogens is 208 g/mol. The maximum absolute atomic E-state index is 11.0. The molecule has 16 heavy (non-hydrogen) atoms. The van der Waals surface area contributed by atoms with Crippen molar-refractivity contribution < 1.29 is 19.4 Å². The van der Waals surface area contributed by atoms with E-state index in [4.69, 9.17) is 14.6 Å². The van der Waals surface area contributed by atoms with Gasteiger partial charge in [-0.05, 0) is 12.5 Å². The van der Waals surface area contributed by atoms with Crippen molar-refractivity contribution in [1.29, 1.82) is 0 Å². The average Bonchev–Trinajstić information content (AvgIpc) is 2.30. The molecule has 0 saturated carbocycles. The third kappa shape index (κ3) is 2.23. The summed E-state index contributed by atoms with van der Waals surface area (Å²) in [7, 11) is 0. The summed E-state index contributed by atoms with van der Waals surface area (Å²) < 4.78 is 10.7. The van der Waals surface area contributed by atoms with Crippen molar-refractivity contribution in [3.8, 4) is 0 Å². The van der Waals surface area contributed by atoms with Crippen LogP contribution < -0.4 is 0 Å². The van der Waals surface area contributed by atoms with Crippen LogP contribution in [0.25, 0.3) is 0 Å². The second-order valence-electron chi connectivity index (χ2n) is 3.83. The molecule has 4 nitrogen and oxygen atoms in total. The molecular formula is C12H14O4. The minimum Gasteiger partial charge on any atom is -0.479 e. The number of carboxylic acids is 1. The van der Waals surface area contributed by atoms with Crippen molar-refractivity contribution in [2.75, 3.05) is 13.2 Å². The number of benzene rings is 1. The van der Waals surface area contributed by atoms with Crippen molar-refractivity contribution in [1.82, 2.24) is 0 Å². The Morgan fingerprint density at radius 1 is 1.25 bits per heavy atom. The number of hydrogen-bond donors (Lipinski definition) is 1. The fraction of sp³-hybridized carbons (Fsp3) is 0.417. The first-order chi connectivity index (χ1) is 7.68. The van der Waals surface area contributed by atoms with Gasteiger partial charge in [-0.25, -0.2) is 4.79 Å². The van der Waals surface area contributed by atoms with Gasteiger partial charge in [0.1, 0.15) is 6.10 Å². The van der Waals surface area contributed by atoms with Gasteiger partial charge in [-0.2, -0.15) is 0 Å². The molecule has 2 atom stereocenters. The smallest absolute Gasteiger partial charge is 0.335 e. The zero-order valence-electron chi connectivity index (χ0n) is 9.05. The lowest BCUT2D eigenvalue weighted by Crippen LogP contribution is -2.38. The van der Waals surface area contributed by atoms with Gasteiger partial charge >= 0.3 is 5.97 Å². The molecule has 1 saturated heterocycles. The highest BCUT2D eigenvalue weighted by Gasteiger charge is 2.33. The van der Waals surface area contributed by atoms with E-state index in [9.17, 15) is 4.79 Å². The number of ether oxygens (including phenoxy) is 2. The summed E-state index contributed by atoms with van der Waals surface area (Å²) in [5.74, 6) is -0.981. The van der Waals surface area contributed by atoms with Gasteiger partial charge in [-0.15, -0.1) is 0 Å². The van der Waals surface area contributed by atoms with E-state index in [-0.39, 0.29) is 0 Å². The normalized spacial score (nSPS) is 25.3. The first-order valence-corrected chi connectivity index (χ1v) is 5.21. The highest BCUT2D eigenvalue weighted by Crippen LogP contribution is 2.27. The van der Waals surface area contributed by atoms with E-state index in [2.05, 4.69) is 0 Å². The van der Waals surface area contributed by atoms with Crippen LogP contribution in [0.4, 0.5) is 0 Å². The minimum absolute atomic E-state index is 0.333. The Labute approximate surface area is 93.8 Å². The van der Waals surface area contributed by atoms with Gasteiger partial charge < -0.3 is 14.6 Å². The van der Waals surface area contributed by atoms with Crippen molar-refractivity contribution in [2.45, 2.75) is 19.1 Å². The van der Waals surface area contributed by atoms with Crippen molar-refractivity contribution >= 4 is 5.97 Å². The van der Waals surface area contributed by atoms with Gasteiger partial charge in [0, 0.05) is 0 Å². The van der Waals surface area contributed by atoms with E-state index in [1.165, 1.54) is 0 Å². The molecule has 1 aromatic rings. The molecule has 2 rings (SSSR count). The standard InChI is InChI=1S/C12H14O4/c1-8-2-4-9(5-3-8)10-11(12(13)14)16-7-6-15-10/h2-5,10-11H,6-7H2,1H3,(H,13,14)/t10-,11-/m0/s1. The fourth-order valence-electron chi connectivity index (χ4n) is 1.75. The monoisotopic (exact) mass is 222 g/mol. The van der Waals surface area contributed by atoms with Crippen LogP contribution in [0.15, 0.2) is 24.3 Å². The third-order valence-electron chi connectivity index (χ3n) is 2.60. The molecule has 86 valence electrons. The number of hydrogen-bond acceptors (Lipinski definition) is 3. The Balaban J connectivity index is 2.23. The number of rotatable bonds is 2. The second-order valence-corrected chi connectivity index (χ2v) is 3.83. The molecule has 0 amide bonds. The number of carboxylic acid groups (broad SMARTS) is 1. The van der Waals surface area contributed by atoms with Gasteiger partial charge in [0.05, 0.1) is 13.2 Å². The topological polar surface area (TPSA) is 55.8 Å². The summed E-state index contributed by atoms with van der Waals surface area (Å²) in [6.45, 7) is 2.75. The Kier molecular flexibility index (Phi) is 3.22. The summed E-state index contributed by atoms with van der Waals surface area (Å²) in [5, 5.41) is 9.02. The van der Waals surface area contributed by atoms with Crippen LogP contribution >= 0.6 is 0 Å². The van der Waals surface area contributed by atoms with Crippen LogP contribution in [0.5, 0.6) is 0 Å². The van der Waals surface area contributed by atoms with Crippen LogP contribution in [0.1, 0.15) is 17.2 Å². The summed E-state index contributed by atoms with van der Waals surface area (Å²) in [6, 6.07) is 7.63. The molecule has 0 unspecified atom stereocenters. The van der Waals surface area contributed by atoms with Crippen molar-refractivity contribution in [3.05, 3.63) is 35.4 Å². The molecule has 0 bridgehead atoms. The van der Waals surface area contributed by atoms with E-state index in [1.54, 1.807) is 0 Å². The third-order valence-corrected chi connectivity index (χ3v) is 2.60. The molecule has 0 aliphatic carbocycles. The van der Waals surface area contributed by atoms with E-state index in [1.807, 2.05) is 31.2 Å². The summed E-state index contributed by atoms with van der Waals surface area (Å²) in [6.07, 6.45) is -1.41. The first-order valence-electron chi connectivity index (χ1n) is 5.21. The van der Waals surface area contributed by atoms with Crippen LogP contribution in [0, 0.1) is 6.92 Å². The SMILES string of the molecule is Cc1ccc([C@@H]2OCCO[C@@H]2C(=O)O)cc1. The Morgan fingerprint density at radius 2 is 1.88 bits per heavy atom. The number of aryl methyl sites for hydroxylation is 1. The van der Waals surface area contributed by atoms with Crippen LogP contribution in [-0.2, 0) is 14.3 Å². The van der Waals surface area contributed by atoms with Gasteiger partial charge in [0.15, 0.2) is 6.10 Å². The molecule has 0 spiro atoms. The lowest BCUT2D eigenvalue weighted by Gasteiger charge is -2.29. The molecule has 1 aliphatic rings. The molecule has 1 N–H and O–H groups in total. The van der Waals surface area contributed by atoms with Crippen LogP contribution in [0.2, 0.25) is 0 Å². The highest BCUT2D eigenvalue weighted by molar-refractivity contribution is 5.73. The number of carbonyl (C=O) groups is 1. The highest BCUT2D eigenvalue weighted by atomic mass is 16.6. The Hall–Kier alpha value is -1.39. The van der Waals surface area contributed by atoms with Crippen LogP contribution in [0.3, 0.4) is 0 Å². The zero-order valence-corrected chi connectivity index (χ0v) is 9.05. The van der Waals surface area contributed by atoms with Gasteiger partial charge in [-0.1, -0.05) is 29.8 Å². The average molecular weight is 222 g/mol. The predicted octanol–water partition coefficient (Wildman–Crippen LogP) is 1.54. The quantitative estimate of drug-likeness (QED) is 0.824. The summed E-state index contributed by atoms with van der Waals surface area (Å²) in [5.41, 5.74) is 1.98. The van der Waals surface area contributed by atoms with Gasteiger partial charge in [-0.3, -0.25) is 0 Å². The molecule has 1 aliphatic heterocycles.